The molecule has 0 aromatic carbocycles. The Morgan fingerprint density at radius 1 is 1.12 bits per heavy atom. The maximum absolute atomic E-state index is 12.2. The van der Waals surface area contributed by atoms with Crippen LogP contribution in [0.3, 0.4) is 0 Å². The molecule has 0 saturated heterocycles. The van der Waals surface area contributed by atoms with Gasteiger partial charge in [-0.3, -0.25) is 14.4 Å². The fraction of sp³-hybridized carbons (Fsp3) is 0.529. The van der Waals surface area contributed by atoms with Gasteiger partial charge in [-0.1, -0.05) is 0 Å². The standard InChI is InChI=1S/C17H25N5O3/c1-11(23)20-14-6-7-15(19-10-14)17(25)22-13-4-2-12(3-5-13)21-16(24)8-9-18/h6-7,10,12-13H,2-5,8-9,18H2,1H3,(H,20,23)(H,21,24)(H,22,25). The molecule has 1 heterocycles. The minimum absolute atomic E-state index is 0.0153. The van der Waals surface area contributed by atoms with Gasteiger partial charge in [0, 0.05) is 32.0 Å². The van der Waals surface area contributed by atoms with Crippen LogP contribution in [-0.2, 0) is 9.59 Å². The molecule has 0 spiro atoms. The summed E-state index contributed by atoms with van der Waals surface area (Å²) < 4.78 is 0. The van der Waals surface area contributed by atoms with E-state index in [0.29, 0.717) is 24.3 Å². The first-order chi connectivity index (χ1) is 12.0. The monoisotopic (exact) mass is 347 g/mol. The van der Waals surface area contributed by atoms with Crippen LogP contribution in [0.2, 0.25) is 0 Å². The third-order valence-corrected chi connectivity index (χ3v) is 4.12. The quantitative estimate of drug-likeness (QED) is 0.598. The van der Waals surface area contributed by atoms with Gasteiger partial charge in [-0.05, 0) is 37.8 Å². The molecule has 1 fully saturated rings. The van der Waals surface area contributed by atoms with Gasteiger partial charge in [-0.15, -0.1) is 0 Å². The maximum atomic E-state index is 12.2. The lowest BCUT2D eigenvalue weighted by Crippen LogP contribution is -2.44. The molecule has 0 bridgehead atoms. The Hall–Kier alpha value is -2.48. The summed E-state index contributed by atoms with van der Waals surface area (Å²) in [5, 5.41) is 8.55. The number of carbonyl (C=O) groups excluding carboxylic acids is 3. The third kappa shape index (κ3) is 6.15. The minimum atomic E-state index is -0.231. The predicted molar refractivity (Wildman–Crippen MR) is 93.9 cm³/mol. The van der Waals surface area contributed by atoms with Crippen molar-refractivity contribution in [2.45, 2.75) is 51.1 Å². The number of carbonyl (C=O) groups is 3. The highest BCUT2D eigenvalue weighted by Crippen LogP contribution is 2.19. The molecular formula is C17H25N5O3. The molecule has 1 aliphatic rings. The first-order valence-corrected chi connectivity index (χ1v) is 8.52. The molecule has 1 aliphatic carbocycles. The molecule has 2 rings (SSSR count). The Morgan fingerprint density at radius 2 is 1.76 bits per heavy atom. The lowest BCUT2D eigenvalue weighted by molar-refractivity contribution is -0.121. The van der Waals surface area contributed by atoms with Crippen LogP contribution in [0.15, 0.2) is 18.3 Å². The number of aromatic nitrogens is 1. The summed E-state index contributed by atoms with van der Waals surface area (Å²) in [5.74, 6) is -0.433. The number of hydrogen-bond donors (Lipinski definition) is 4. The fourth-order valence-corrected chi connectivity index (χ4v) is 2.88. The molecule has 136 valence electrons. The minimum Gasteiger partial charge on any atom is -0.353 e. The average Bonchev–Trinajstić information content (AvgIpc) is 2.57. The summed E-state index contributed by atoms with van der Waals surface area (Å²) >= 11 is 0. The zero-order valence-electron chi connectivity index (χ0n) is 14.4. The van der Waals surface area contributed by atoms with Crippen molar-refractivity contribution < 1.29 is 14.4 Å². The molecule has 1 saturated carbocycles. The van der Waals surface area contributed by atoms with Crippen LogP contribution in [0, 0.1) is 0 Å². The Balaban J connectivity index is 1.78. The van der Waals surface area contributed by atoms with Gasteiger partial charge in [0.2, 0.25) is 11.8 Å². The van der Waals surface area contributed by atoms with Crippen LogP contribution in [0.4, 0.5) is 5.69 Å². The lowest BCUT2D eigenvalue weighted by Gasteiger charge is -2.29. The van der Waals surface area contributed by atoms with E-state index in [0.717, 1.165) is 25.7 Å². The number of nitrogens with one attached hydrogen (secondary N) is 3. The summed E-state index contributed by atoms with van der Waals surface area (Å²) in [6.45, 7) is 1.76. The zero-order chi connectivity index (χ0) is 18.2. The topological polar surface area (TPSA) is 126 Å². The number of pyridine rings is 1. The number of hydrogen-bond acceptors (Lipinski definition) is 5. The van der Waals surface area contributed by atoms with E-state index in [9.17, 15) is 14.4 Å². The fourth-order valence-electron chi connectivity index (χ4n) is 2.88. The Morgan fingerprint density at radius 3 is 2.28 bits per heavy atom. The highest BCUT2D eigenvalue weighted by molar-refractivity contribution is 5.93. The summed E-state index contributed by atoms with van der Waals surface area (Å²) in [6, 6.07) is 3.46. The number of amides is 3. The Kier molecular flexibility index (Phi) is 6.88. The molecule has 8 nitrogen and oxygen atoms in total. The van der Waals surface area contributed by atoms with E-state index >= 15 is 0 Å². The molecule has 5 N–H and O–H groups in total. The highest BCUT2D eigenvalue weighted by Gasteiger charge is 2.24. The SMILES string of the molecule is CC(=O)Nc1ccc(C(=O)NC2CCC(NC(=O)CCN)CC2)nc1. The van der Waals surface area contributed by atoms with Gasteiger partial charge in [0.25, 0.3) is 5.91 Å². The van der Waals surface area contributed by atoms with Gasteiger partial charge in [0.05, 0.1) is 11.9 Å². The van der Waals surface area contributed by atoms with Crippen LogP contribution in [0.1, 0.15) is 49.5 Å². The summed E-state index contributed by atoms with van der Waals surface area (Å²) in [5.41, 5.74) is 6.23. The van der Waals surface area contributed by atoms with Crippen molar-refractivity contribution in [3.63, 3.8) is 0 Å². The zero-order valence-corrected chi connectivity index (χ0v) is 14.4. The van der Waals surface area contributed by atoms with Crippen molar-refractivity contribution in [3.05, 3.63) is 24.0 Å². The van der Waals surface area contributed by atoms with E-state index in [1.807, 2.05) is 0 Å². The normalized spacial score (nSPS) is 19.8. The third-order valence-electron chi connectivity index (χ3n) is 4.12. The number of nitrogens with zero attached hydrogens (tertiary/aromatic N) is 1. The second kappa shape index (κ2) is 9.12. The maximum Gasteiger partial charge on any atom is 0.270 e. The van der Waals surface area contributed by atoms with Crippen molar-refractivity contribution in [2.75, 3.05) is 11.9 Å². The molecule has 1 aromatic heterocycles. The molecule has 0 aliphatic heterocycles. The van der Waals surface area contributed by atoms with Crippen LogP contribution >= 0.6 is 0 Å². The van der Waals surface area contributed by atoms with Crippen LogP contribution in [0.5, 0.6) is 0 Å². The largest absolute Gasteiger partial charge is 0.353 e. The Labute approximate surface area is 146 Å². The highest BCUT2D eigenvalue weighted by atomic mass is 16.2. The van der Waals surface area contributed by atoms with E-state index in [1.165, 1.54) is 13.1 Å². The number of anilines is 1. The Bertz CT molecular complexity index is 609. The molecule has 1 aromatic rings. The van der Waals surface area contributed by atoms with Crippen LogP contribution in [-0.4, -0.2) is 41.3 Å². The number of rotatable bonds is 6. The molecule has 0 atom stereocenters. The van der Waals surface area contributed by atoms with Gasteiger partial charge in [-0.25, -0.2) is 4.98 Å². The predicted octanol–water partition coefficient (Wildman–Crippen LogP) is 0.546. The van der Waals surface area contributed by atoms with Gasteiger partial charge in [0.15, 0.2) is 0 Å². The van der Waals surface area contributed by atoms with E-state index in [2.05, 4.69) is 20.9 Å². The number of nitrogens with two attached hydrogens (primary N) is 1. The second-order valence-corrected chi connectivity index (χ2v) is 6.24. The van der Waals surface area contributed by atoms with Gasteiger partial charge >= 0.3 is 0 Å². The van der Waals surface area contributed by atoms with Crippen molar-refractivity contribution in [1.82, 2.24) is 15.6 Å². The molecule has 0 unspecified atom stereocenters. The molecule has 8 heteroatoms. The first-order valence-electron chi connectivity index (χ1n) is 8.52. The van der Waals surface area contributed by atoms with E-state index in [-0.39, 0.29) is 29.8 Å². The second-order valence-electron chi connectivity index (χ2n) is 6.24. The molecule has 0 radical (unpaired) electrons. The van der Waals surface area contributed by atoms with Crippen molar-refractivity contribution in [3.8, 4) is 0 Å². The van der Waals surface area contributed by atoms with Gasteiger partial charge in [0.1, 0.15) is 5.69 Å². The first kappa shape index (κ1) is 18.9. The van der Waals surface area contributed by atoms with Gasteiger partial charge < -0.3 is 21.7 Å². The van der Waals surface area contributed by atoms with E-state index in [4.69, 9.17) is 5.73 Å². The van der Waals surface area contributed by atoms with E-state index in [1.54, 1.807) is 12.1 Å². The molecular weight excluding hydrogens is 322 g/mol. The van der Waals surface area contributed by atoms with E-state index < -0.39 is 0 Å². The van der Waals surface area contributed by atoms with Crippen molar-refractivity contribution >= 4 is 23.4 Å². The molecule has 25 heavy (non-hydrogen) atoms. The summed E-state index contributed by atoms with van der Waals surface area (Å²) in [6.07, 6.45) is 5.08. The molecule has 3 amide bonds. The average molecular weight is 347 g/mol. The summed E-state index contributed by atoms with van der Waals surface area (Å²) in [7, 11) is 0. The lowest BCUT2D eigenvalue weighted by atomic mass is 9.91. The van der Waals surface area contributed by atoms with Crippen molar-refractivity contribution in [2.24, 2.45) is 5.73 Å². The van der Waals surface area contributed by atoms with Crippen LogP contribution < -0.4 is 21.7 Å². The van der Waals surface area contributed by atoms with Crippen LogP contribution in [0.25, 0.3) is 0 Å². The van der Waals surface area contributed by atoms with Crippen molar-refractivity contribution in [1.29, 1.82) is 0 Å². The summed E-state index contributed by atoms with van der Waals surface area (Å²) in [4.78, 5) is 38.9. The smallest absolute Gasteiger partial charge is 0.270 e. The van der Waals surface area contributed by atoms with Gasteiger partial charge in [-0.2, -0.15) is 0 Å².